The first-order valence-corrected chi connectivity index (χ1v) is 9.25. The van der Waals surface area contributed by atoms with Crippen LogP contribution in [0.4, 0.5) is 13.2 Å². The number of carbonyl (C=O) groups is 1. The number of nitrogens with one attached hydrogen (secondary N) is 1. The van der Waals surface area contributed by atoms with Crippen molar-refractivity contribution in [3.8, 4) is 5.69 Å². The third-order valence-corrected chi connectivity index (χ3v) is 5.64. The second-order valence-electron chi connectivity index (χ2n) is 7.36. The molecule has 1 aromatic carbocycles. The van der Waals surface area contributed by atoms with E-state index in [1.54, 1.807) is 6.07 Å². The second kappa shape index (κ2) is 7.09. The molecule has 0 radical (unpaired) electrons. The molecule has 1 aromatic heterocycles. The maximum Gasteiger partial charge on any atom is 0.416 e. The van der Waals surface area contributed by atoms with Gasteiger partial charge in [-0.15, -0.1) is 0 Å². The maximum absolute atomic E-state index is 12.8. The quantitative estimate of drug-likeness (QED) is 0.875. The summed E-state index contributed by atoms with van der Waals surface area (Å²) in [6, 6.07) is 7.29. The summed E-state index contributed by atoms with van der Waals surface area (Å²) in [5.74, 6) is -0.0141. The lowest BCUT2D eigenvalue weighted by Gasteiger charge is -2.44. The largest absolute Gasteiger partial charge is 0.416 e. The smallest absolute Gasteiger partial charge is 0.348 e. The van der Waals surface area contributed by atoms with Crippen LogP contribution in [0.25, 0.3) is 5.69 Å². The summed E-state index contributed by atoms with van der Waals surface area (Å²) in [4.78, 5) is 27.8. The van der Waals surface area contributed by atoms with Crippen molar-refractivity contribution in [3.63, 3.8) is 0 Å². The number of halogens is 3. The summed E-state index contributed by atoms with van der Waals surface area (Å²) in [7, 11) is 0. The molecule has 3 fully saturated rings. The van der Waals surface area contributed by atoms with Crippen LogP contribution in [-0.2, 0) is 6.18 Å². The van der Waals surface area contributed by atoms with E-state index in [-0.39, 0.29) is 17.3 Å². The van der Waals surface area contributed by atoms with Crippen molar-refractivity contribution in [1.29, 1.82) is 0 Å². The Hall–Kier alpha value is -2.61. The highest BCUT2D eigenvalue weighted by Crippen LogP contribution is 2.29. The van der Waals surface area contributed by atoms with E-state index >= 15 is 0 Å². The normalized spacial score (nSPS) is 24.2. The van der Waals surface area contributed by atoms with Gasteiger partial charge in [-0.2, -0.15) is 13.2 Å². The van der Waals surface area contributed by atoms with Gasteiger partial charge in [0.1, 0.15) is 5.56 Å². The van der Waals surface area contributed by atoms with E-state index in [1.165, 1.54) is 29.0 Å². The van der Waals surface area contributed by atoms with Crippen molar-refractivity contribution >= 4 is 5.91 Å². The Balaban J connectivity index is 1.56. The first-order chi connectivity index (χ1) is 13.3. The van der Waals surface area contributed by atoms with Gasteiger partial charge in [0.25, 0.3) is 11.5 Å². The first-order valence-electron chi connectivity index (χ1n) is 9.25. The van der Waals surface area contributed by atoms with Crippen molar-refractivity contribution in [2.45, 2.75) is 25.1 Å². The number of carbonyl (C=O) groups excluding carboxylic acids is 1. The monoisotopic (exact) mass is 391 g/mol. The van der Waals surface area contributed by atoms with E-state index in [4.69, 9.17) is 0 Å². The number of amides is 1. The fraction of sp³-hybridized carbons (Fsp3) is 0.400. The standard InChI is InChI=1S/C20H20F3N3O2/c21-20(22,23)14-3-5-15(6-4-14)26-9-1-2-16(19(26)28)18(27)24-17-12-25-10-7-13(17)8-11-25/h1-6,9,13,17H,7-8,10-12H2,(H,24,27). The minimum absolute atomic E-state index is 0.0150. The molecule has 4 heterocycles. The van der Waals surface area contributed by atoms with Crippen molar-refractivity contribution < 1.29 is 18.0 Å². The Bertz CT molecular complexity index is 929. The van der Waals surface area contributed by atoms with E-state index < -0.39 is 23.2 Å². The zero-order valence-corrected chi connectivity index (χ0v) is 15.1. The van der Waals surface area contributed by atoms with E-state index in [2.05, 4.69) is 10.2 Å². The van der Waals surface area contributed by atoms with Crippen LogP contribution in [0, 0.1) is 5.92 Å². The molecule has 2 bridgehead atoms. The van der Waals surface area contributed by atoms with Crippen molar-refractivity contribution in [3.05, 3.63) is 64.1 Å². The van der Waals surface area contributed by atoms with Crippen LogP contribution >= 0.6 is 0 Å². The summed E-state index contributed by atoms with van der Waals surface area (Å²) in [5.41, 5.74) is -1.09. The van der Waals surface area contributed by atoms with E-state index in [1.807, 2.05) is 0 Å². The third kappa shape index (κ3) is 3.56. The van der Waals surface area contributed by atoms with Gasteiger partial charge in [0.2, 0.25) is 0 Å². The van der Waals surface area contributed by atoms with Gasteiger partial charge in [-0.25, -0.2) is 0 Å². The van der Waals surface area contributed by atoms with Gasteiger partial charge < -0.3 is 10.2 Å². The van der Waals surface area contributed by atoms with Crippen LogP contribution in [0.5, 0.6) is 0 Å². The molecule has 3 aliphatic rings. The molecule has 5 rings (SSSR count). The van der Waals surface area contributed by atoms with Gasteiger partial charge >= 0.3 is 6.18 Å². The minimum Gasteiger partial charge on any atom is -0.348 e. The maximum atomic E-state index is 12.8. The molecule has 0 saturated carbocycles. The number of piperidine rings is 3. The molecule has 28 heavy (non-hydrogen) atoms. The second-order valence-corrected chi connectivity index (χ2v) is 7.36. The Morgan fingerprint density at radius 2 is 1.75 bits per heavy atom. The Morgan fingerprint density at radius 1 is 1.07 bits per heavy atom. The Kier molecular flexibility index (Phi) is 4.74. The van der Waals surface area contributed by atoms with Gasteiger partial charge in [-0.05, 0) is 68.2 Å². The molecule has 3 saturated heterocycles. The molecular weight excluding hydrogens is 371 g/mol. The topological polar surface area (TPSA) is 54.3 Å². The van der Waals surface area contributed by atoms with Crippen LogP contribution in [0.1, 0.15) is 28.8 Å². The van der Waals surface area contributed by atoms with Crippen molar-refractivity contribution in [2.75, 3.05) is 19.6 Å². The first kappa shape index (κ1) is 18.7. The molecule has 3 aliphatic heterocycles. The summed E-state index contributed by atoms with van der Waals surface area (Å²) >= 11 is 0. The average Bonchev–Trinajstić information content (AvgIpc) is 2.68. The SMILES string of the molecule is O=C(NC1CN2CCC1CC2)c1cccn(-c2ccc(C(F)(F)F)cc2)c1=O. The summed E-state index contributed by atoms with van der Waals surface area (Å²) < 4.78 is 39.4. The predicted octanol–water partition coefficient (Wildman–Crippen LogP) is 2.68. The zero-order valence-electron chi connectivity index (χ0n) is 15.1. The van der Waals surface area contributed by atoms with Gasteiger partial charge in [0.05, 0.1) is 5.56 Å². The van der Waals surface area contributed by atoms with Gasteiger partial charge in [-0.3, -0.25) is 14.2 Å². The molecular formula is C20H20F3N3O2. The number of aromatic nitrogens is 1. The van der Waals surface area contributed by atoms with Gasteiger partial charge in [0.15, 0.2) is 0 Å². The van der Waals surface area contributed by atoms with Crippen LogP contribution < -0.4 is 10.9 Å². The van der Waals surface area contributed by atoms with E-state index in [0.29, 0.717) is 5.92 Å². The lowest BCUT2D eigenvalue weighted by atomic mass is 9.84. The average molecular weight is 391 g/mol. The highest BCUT2D eigenvalue weighted by atomic mass is 19.4. The number of hydrogen-bond donors (Lipinski definition) is 1. The zero-order chi connectivity index (χ0) is 19.9. The Labute approximate surface area is 159 Å². The molecule has 8 heteroatoms. The molecule has 2 aromatic rings. The van der Waals surface area contributed by atoms with Crippen LogP contribution in [0.3, 0.4) is 0 Å². The number of alkyl halides is 3. The molecule has 5 nitrogen and oxygen atoms in total. The summed E-state index contributed by atoms with van der Waals surface area (Å²) in [6.45, 7) is 2.88. The molecule has 1 atom stereocenters. The predicted molar refractivity (Wildman–Crippen MR) is 97.5 cm³/mol. The van der Waals surface area contributed by atoms with E-state index in [0.717, 1.165) is 44.6 Å². The highest BCUT2D eigenvalue weighted by Gasteiger charge is 2.35. The minimum atomic E-state index is -4.44. The number of nitrogens with zero attached hydrogens (tertiary/aromatic N) is 2. The number of pyridine rings is 1. The fourth-order valence-corrected chi connectivity index (χ4v) is 4.06. The van der Waals surface area contributed by atoms with Crippen molar-refractivity contribution in [2.24, 2.45) is 5.92 Å². The fourth-order valence-electron chi connectivity index (χ4n) is 4.06. The Morgan fingerprint density at radius 3 is 2.32 bits per heavy atom. The molecule has 1 N–H and O–H groups in total. The van der Waals surface area contributed by atoms with Crippen molar-refractivity contribution in [1.82, 2.24) is 14.8 Å². The lowest BCUT2D eigenvalue weighted by Crippen LogP contribution is -2.57. The molecule has 148 valence electrons. The third-order valence-electron chi connectivity index (χ3n) is 5.64. The van der Waals surface area contributed by atoms with Gasteiger partial charge in [-0.1, -0.05) is 0 Å². The number of fused-ring (bicyclic) bond motifs is 3. The summed E-state index contributed by atoms with van der Waals surface area (Å²) in [6.07, 6.45) is -0.929. The van der Waals surface area contributed by atoms with Crippen LogP contribution in [-0.4, -0.2) is 41.1 Å². The lowest BCUT2D eigenvalue weighted by molar-refractivity contribution is -0.137. The van der Waals surface area contributed by atoms with Crippen LogP contribution in [0.2, 0.25) is 0 Å². The highest BCUT2D eigenvalue weighted by molar-refractivity contribution is 5.94. The summed E-state index contributed by atoms with van der Waals surface area (Å²) in [5, 5.41) is 2.97. The molecule has 0 aliphatic carbocycles. The van der Waals surface area contributed by atoms with Gasteiger partial charge in [0, 0.05) is 24.5 Å². The number of rotatable bonds is 3. The number of hydrogen-bond acceptors (Lipinski definition) is 3. The molecule has 1 amide bonds. The van der Waals surface area contributed by atoms with Crippen LogP contribution in [0.15, 0.2) is 47.4 Å². The van der Waals surface area contributed by atoms with E-state index in [9.17, 15) is 22.8 Å². The molecule has 1 unspecified atom stereocenters. The number of benzene rings is 1. The molecule has 0 spiro atoms.